The molecule has 106 valence electrons. The Morgan fingerprint density at radius 1 is 0.955 bits per heavy atom. The second-order valence-corrected chi connectivity index (χ2v) is 5.41. The Morgan fingerprint density at radius 3 is 2.59 bits per heavy atom. The van der Waals surface area contributed by atoms with E-state index in [-0.39, 0.29) is 0 Å². The van der Waals surface area contributed by atoms with Crippen LogP contribution in [0.25, 0.3) is 27.6 Å². The quantitative estimate of drug-likeness (QED) is 0.509. The van der Waals surface area contributed by atoms with Crippen molar-refractivity contribution in [3.8, 4) is 5.82 Å². The molecular weight excluding hydrogens is 296 g/mol. The van der Waals surface area contributed by atoms with E-state index in [4.69, 9.17) is 11.6 Å². The van der Waals surface area contributed by atoms with Crippen LogP contribution in [-0.2, 0) is 0 Å². The van der Waals surface area contributed by atoms with E-state index in [9.17, 15) is 4.79 Å². The molecule has 2 aromatic heterocycles. The maximum absolute atomic E-state index is 11.6. The third-order valence-electron chi connectivity index (χ3n) is 3.75. The summed E-state index contributed by atoms with van der Waals surface area (Å²) in [7, 11) is 0. The minimum Gasteiger partial charge on any atom is -0.300 e. The van der Waals surface area contributed by atoms with Crippen molar-refractivity contribution in [3.63, 3.8) is 0 Å². The van der Waals surface area contributed by atoms with E-state index in [2.05, 4.69) is 4.98 Å². The second-order valence-electron chi connectivity index (χ2n) is 5.07. The predicted molar refractivity (Wildman–Crippen MR) is 88.8 cm³/mol. The molecule has 0 unspecified atom stereocenters. The highest BCUT2D eigenvalue weighted by atomic mass is 35.5. The van der Waals surface area contributed by atoms with Gasteiger partial charge in [-0.2, -0.15) is 0 Å². The number of para-hydroxylation sites is 2. The van der Waals surface area contributed by atoms with Crippen LogP contribution in [0.1, 0.15) is 10.4 Å². The van der Waals surface area contributed by atoms with Crippen molar-refractivity contribution in [1.82, 2.24) is 9.55 Å². The maximum Gasteiger partial charge on any atom is 0.254 e. The van der Waals surface area contributed by atoms with Gasteiger partial charge in [0.1, 0.15) is 5.82 Å². The van der Waals surface area contributed by atoms with Crippen molar-refractivity contribution in [3.05, 3.63) is 72.4 Å². The third kappa shape index (κ3) is 1.98. The van der Waals surface area contributed by atoms with E-state index in [1.54, 1.807) is 6.20 Å². The maximum atomic E-state index is 11.6. The average molecular weight is 307 g/mol. The van der Waals surface area contributed by atoms with E-state index in [0.717, 1.165) is 27.6 Å². The van der Waals surface area contributed by atoms with Crippen LogP contribution in [-0.4, -0.2) is 14.8 Å². The fourth-order valence-corrected chi connectivity index (χ4v) is 2.87. The topological polar surface area (TPSA) is 34.9 Å². The molecule has 0 spiro atoms. The van der Waals surface area contributed by atoms with Gasteiger partial charge in [-0.05, 0) is 35.9 Å². The smallest absolute Gasteiger partial charge is 0.254 e. The highest BCUT2D eigenvalue weighted by Crippen LogP contribution is 2.26. The summed E-state index contributed by atoms with van der Waals surface area (Å²) in [6, 6.07) is 19.6. The lowest BCUT2D eigenvalue weighted by atomic mass is 10.2. The summed E-state index contributed by atoms with van der Waals surface area (Å²) >= 11 is 5.71. The highest BCUT2D eigenvalue weighted by Gasteiger charge is 2.14. The first-order valence-corrected chi connectivity index (χ1v) is 7.28. The molecule has 0 N–H and O–H groups in total. The second kappa shape index (κ2) is 4.97. The molecule has 4 rings (SSSR count). The zero-order valence-electron chi connectivity index (χ0n) is 11.5. The number of pyridine rings is 1. The summed E-state index contributed by atoms with van der Waals surface area (Å²) in [5.74, 6) is 0.763. The summed E-state index contributed by atoms with van der Waals surface area (Å²) in [5, 5.41) is 1.45. The number of carbonyl (C=O) groups excluding carboxylic acids is 1. The average Bonchev–Trinajstić information content (AvgIpc) is 2.94. The normalized spacial score (nSPS) is 11.1. The third-order valence-corrected chi connectivity index (χ3v) is 3.96. The SMILES string of the molecule is O=C(Cl)c1cn(-c2ccc3ccccc3n2)c2ccccc12. The number of carbonyl (C=O) groups is 1. The van der Waals surface area contributed by atoms with Gasteiger partial charge < -0.3 is 4.57 Å². The van der Waals surface area contributed by atoms with Gasteiger partial charge >= 0.3 is 0 Å². The lowest BCUT2D eigenvalue weighted by Gasteiger charge is -2.05. The van der Waals surface area contributed by atoms with E-state index >= 15 is 0 Å². The fourth-order valence-electron chi connectivity index (χ4n) is 2.72. The van der Waals surface area contributed by atoms with Gasteiger partial charge in [0.15, 0.2) is 0 Å². The molecule has 0 amide bonds. The molecule has 0 atom stereocenters. The predicted octanol–water partition coefficient (Wildman–Crippen LogP) is 4.56. The molecule has 0 saturated heterocycles. The Hall–Kier alpha value is -2.65. The molecule has 0 aliphatic rings. The van der Waals surface area contributed by atoms with Crippen LogP contribution >= 0.6 is 11.6 Å². The van der Waals surface area contributed by atoms with Crippen LogP contribution in [0.15, 0.2) is 66.9 Å². The van der Waals surface area contributed by atoms with E-state index < -0.39 is 5.24 Å². The number of hydrogen-bond donors (Lipinski definition) is 0. The van der Waals surface area contributed by atoms with Gasteiger partial charge in [-0.3, -0.25) is 4.79 Å². The number of nitrogens with zero attached hydrogens (tertiary/aromatic N) is 2. The molecule has 3 nitrogen and oxygen atoms in total. The van der Waals surface area contributed by atoms with Gasteiger partial charge in [0.05, 0.1) is 16.6 Å². The number of hydrogen-bond acceptors (Lipinski definition) is 2. The number of rotatable bonds is 2. The lowest BCUT2D eigenvalue weighted by molar-refractivity contribution is 0.108. The van der Waals surface area contributed by atoms with Crippen LogP contribution in [0, 0.1) is 0 Å². The van der Waals surface area contributed by atoms with Crippen molar-refractivity contribution in [2.45, 2.75) is 0 Å². The van der Waals surface area contributed by atoms with Crippen molar-refractivity contribution in [2.24, 2.45) is 0 Å². The van der Waals surface area contributed by atoms with E-state index in [1.165, 1.54) is 0 Å². The first-order chi connectivity index (χ1) is 10.7. The van der Waals surface area contributed by atoms with Crippen molar-refractivity contribution < 1.29 is 4.79 Å². The summed E-state index contributed by atoms with van der Waals surface area (Å²) in [6.45, 7) is 0. The molecule has 0 fully saturated rings. The molecule has 0 aliphatic carbocycles. The van der Waals surface area contributed by atoms with Gasteiger partial charge in [0.25, 0.3) is 5.24 Å². The number of aromatic nitrogens is 2. The molecule has 2 aromatic carbocycles. The zero-order chi connectivity index (χ0) is 15.1. The minimum absolute atomic E-state index is 0.462. The lowest BCUT2D eigenvalue weighted by Crippen LogP contribution is -1.96. The van der Waals surface area contributed by atoms with Gasteiger partial charge in [0.2, 0.25) is 0 Å². The number of fused-ring (bicyclic) bond motifs is 2. The molecule has 2 heterocycles. The fraction of sp³-hybridized carbons (Fsp3) is 0. The Bertz CT molecular complexity index is 1020. The summed E-state index contributed by atoms with van der Waals surface area (Å²) in [4.78, 5) is 16.3. The molecule has 4 heteroatoms. The molecular formula is C18H11ClN2O. The first-order valence-electron chi connectivity index (χ1n) is 6.90. The minimum atomic E-state index is -0.462. The molecule has 0 saturated carbocycles. The van der Waals surface area contributed by atoms with Crippen molar-refractivity contribution >= 4 is 38.6 Å². The molecule has 0 aliphatic heterocycles. The summed E-state index contributed by atoms with van der Waals surface area (Å²) in [6.07, 6.45) is 1.75. The van der Waals surface area contributed by atoms with Crippen LogP contribution in [0.3, 0.4) is 0 Å². The molecule has 4 aromatic rings. The summed E-state index contributed by atoms with van der Waals surface area (Å²) in [5.41, 5.74) is 2.32. The standard InChI is InChI=1S/C18H11ClN2O/c19-18(22)14-11-21(16-8-4-2-6-13(14)16)17-10-9-12-5-1-3-7-15(12)20-17/h1-11H. The van der Waals surface area contributed by atoms with E-state index in [1.807, 2.05) is 65.2 Å². The number of halogens is 1. The van der Waals surface area contributed by atoms with Crippen LogP contribution < -0.4 is 0 Å². The Labute approximate surface area is 131 Å². The largest absolute Gasteiger partial charge is 0.300 e. The summed E-state index contributed by atoms with van der Waals surface area (Å²) < 4.78 is 1.90. The Kier molecular flexibility index (Phi) is 2.94. The van der Waals surface area contributed by atoms with Crippen molar-refractivity contribution in [2.75, 3.05) is 0 Å². The molecule has 0 radical (unpaired) electrons. The Balaban J connectivity index is 2.01. The van der Waals surface area contributed by atoms with E-state index in [0.29, 0.717) is 5.56 Å². The first kappa shape index (κ1) is 13.0. The van der Waals surface area contributed by atoms with Gasteiger partial charge in [0, 0.05) is 17.0 Å². The van der Waals surface area contributed by atoms with Crippen LogP contribution in [0.2, 0.25) is 0 Å². The van der Waals surface area contributed by atoms with Crippen LogP contribution in [0.5, 0.6) is 0 Å². The van der Waals surface area contributed by atoms with Gasteiger partial charge in [-0.25, -0.2) is 4.98 Å². The highest BCUT2D eigenvalue weighted by molar-refractivity contribution is 6.68. The van der Waals surface area contributed by atoms with Crippen LogP contribution in [0.4, 0.5) is 0 Å². The zero-order valence-corrected chi connectivity index (χ0v) is 12.3. The van der Waals surface area contributed by atoms with Crippen molar-refractivity contribution in [1.29, 1.82) is 0 Å². The van der Waals surface area contributed by atoms with Gasteiger partial charge in [-0.15, -0.1) is 0 Å². The monoisotopic (exact) mass is 306 g/mol. The Morgan fingerprint density at radius 2 is 1.73 bits per heavy atom. The van der Waals surface area contributed by atoms with Gasteiger partial charge in [-0.1, -0.05) is 36.4 Å². The number of benzene rings is 2. The molecule has 22 heavy (non-hydrogen) atoms. The molecule has 0 bridgehead atoms.